The SMILES string of the molecule is NC(Cc1c[nH]c2ccc(C(=O)c3ccccc3)cc12)C(=O)O. The fraction of sp³-hybridized carbons (Fsp3) is 0.111. The summed E-state index contributed by atoms with van der Waals surface area (Å²) in [6.45, 7) is 0. The second kappa shape index (κ2) is 6.06. The molecule has 0 aliphatic heterocycles. The Kier molecular flexibility index (Phi) is 3.95. The van der Waals surface area contributed by atoms with E-state index < -0.39 is 12.0 Å². The van der Waals surface area contributed by atoms with Gasteiger partial charge in [-0.2, -0.15) is 0 Å². The number of H-pyrrole nitrogens is 1. The lowest BCUT2D eigenvalue weighted by Crippen LogP contribution is -2.32. The van der Waals surface area contributed by atoms with E-state index in [2.05, 4.69) is 4.98 Å². The van der Waals surface area contributed by atoms with Gasteiger partial charge in [0.1, 0.15) is 6.04 Å². The highest BCUT2D eigenvalue weighted by Gasteiger charge is 2.16. The normalized spacial score (nSPS) is 12.2. The molecule has 1 heterocycles. The Balaban J connectivity index is 1.98. The quantitative estimate of drug-likeness (QED) is 0.630. The number of hydrogen-bond acceptors (Lipinski definition) is 3. The molecule has 0 saturated heterocycles. The first-order valence-corrected chi connectivity index (χ1v) is 7.24. The van der Waals surface area contributed by atoms with E-state index in [1.165, 1.54) is 0 Å². The van der Waals surface area contributed by atoms with Crippen molar-refractivity contribution in [3.63, 3.8) is 0 Å². The number of benzene rings is 2. The molecule has 1 unspecified atom stereocenters. The zero-order valence-corrected chi connectivity index (χ0v) is 12.3. The van der Waals surface area contributed by atoms with Crippen molar-refractivity contribution in [2.45, 2.75) is 12.5 Å². The van der Waals surface area contributed by atoms with E-state index in [1.807, 2.05) is 24.3 Å². The zero-order valence-electron chi connectivity index (χ0n) is 12.3. The molecule has 5 nitrogen and oxygen atoms in total. The van der Waals surface area contributed by atoms with Gasteiger partial charge in [0.05, 0.1) is 0 Å². The number of aromatic nitrogens is 1. The van der Waals surface area contributed by atoms with Gasteiger partial charge < -0.3 is 15.8 Å². The molecule has 3 aromatic rings. The lowest BCUT2D eigenvalue weighted by molar-refractivity contribution is -0.138. The number of fused-ring (bicyclic) bond motifs is 1. The molecule has 1 aromatic heterocycles. The van der Waals surface area contributed by atoms with Gasteiger partial charge in [0.25, 0.3) is 0 Å². The molecule has 1 atom stereocenters. The molecule has 4 N–H and O–H groups in total. The van der Waals surface area contributed by atoms with Crippen molar-refractivity contribution in [3.8, 4) is 0 Å². The van der Waals surface area contributed by atoms with Crippen molar-refractivity contribution in [3.05, 3.63) is 71.4 Å². The summed E-state index contributed by atoms with van der Waals surface area (Å²) in [7, 11) is 0. The highest BCUT2D eigenvalue weighted by Crippen LogP contribution is 2.22. The van der Waals surface area contributed by atoms with Gasteiger partial charge in [0.2, 0.25) is 0 Å². The van der Waals surface area contributed by atoms with Gasteiger partial charge >= 0.3 is 5.97 Å². The summed E-state index contributed by atoms with van der Waals surface area (Å²) in [6, 6.07) is 13.4. The number of carboxylic acids is 1. The predicted molar refractivity (Wildman–Crippen MR) is 87.5 cm³/mol. The Morgan fingerprint density at radius 1 is 1.09 bits per heavy atom. The standard InChI is InChI=1S/C18H16N2O3/c19-15(18(22)23)9-13-10-20-16-7-6-12(8-14(13)16)17(21)11-4-2-1-3-5-11/h1-8,10,15,20H,9,19H2,(H,22,23). The Hall–Kier alpha value is -2.92. The summed E-state index contributed by atoms with van der Waals surface area (Å²) in [6.07, 6.45) is 1.95. The third-order valence-corrected chi connectivity index (χ3v) is 3.82. The first kappa shape index (κ1) is 15.0. The van der Waals surface area contributed by atoms with Crippen LogP contribution in [0.3, 0.4) is 0 Å². The first-order valence-electron chi connectivity index (χ1n) is 7.24. The number of carbonyl (C=O) groups excluding carboxylic acids is 1. The second-order valence-corrected chi connectivity index (χ2v) is 5.42. The molecule has 0 fully saturated rings. The summed E-state index contributed by atoms with van der Waals surface area (Å²) < 4.78 is 0. The molecule has 3 rings (SSSR count). The fourth-order valence-electron chi connectivity index (χ4n) is 2.57. The van der Waals surface area contributed by atoms with Gasteiger partial charge in [-0.15, -0.1) is 0 Å². The van der Waals surface area contributed by atoms with Gasteiger partial charge in [-0.1, -0.05) is 30.3 Å². The van der Waals surface area contributed by atoms with Crippen LogP contribution in [0.2, 0.25) is 0 Å². The molecular formula is C18H16N2O3. The van der Waals surface area contributed by atoms with Crippen LogP contribution in [-0.4, -0.2) is 27.9 Å². The number of nitrogens with two attached hydrogens (primary N) is 1. The van der Waals surface area contributed by atoms with Gasteiger partial charge in [-0.3, -0.25) is 9.59 Å². The molecule has 0 aliphatic carbocycles. The maximum atomic E-state index is 12.5. The summed E-state index contributed by atoms with van der Waals surface area (Å²) in [5.74, 6) is -1.11. The number of rotatable bonds is 5. The molecule has 5 heteroatoms. The number of carboxylic acid groups (broad SMARTS) is 1. The van der Waals surface area contributed by atoms with Crippen LogP contribution in [0.1, 0.15) is 21.5 Å². The van der Waals surface area contributed by atoms with Crippen LogP contribution in [-0.2, 0) is 11.2 Å². The lowest BCUT2D eigenvalue weighted by atomic mass is 9.99. The number of hydrogen-bond donors (Lipinski definition) is 3. The topological polar surface area (TPSA) is 96.2 Å². The zero-order chi connectivity index (χ0) is 16.4. The van der Waals surface area contributed by atoms with Crippen LogP contribution in [0.15, 0.2) is 54.7 Å². The number of nitrogens with one attached hydrogen (secondary N) is 1. The largest absolute Gasteiger partial charge is 0.480 e. The van der Waals surface area contributed by atoms with Crippen molar-refractivity contribution in [2.75, 3.05) is 0 Å². The van der Waals surface area contributed by atoms with E-state index in [4.69, 9.17) is 10.8 Å². The van der Waals surface area contributed by atoms with E-state index in [1.54, 1.807) is 30.5 Å². The third-order valence-electron chi connectivity index (χ3n) is 3.82. The van der Waals surface area contributed by atoms with Gasteiger partial charge in [-0.05, 0) is 23.8 Å². The average molecular weight is 308 g/mol. The number of ketones is 1. The van der Waals surface area contributed by atoms with Crippen LogP contribution in [0.25, 0.3) is 10.9 Å². The van der Waals surface area contributed by atoms with Crippen LogP contribution < -0.4 is 5.73 Å². The van der Waals surface area contributed by atoms with Crippen LogP contribution >= 0.6 is 0 Å². The maximum absolute atomic E-state index is 12.5. The highest BCUT2D eigenvalue weighted by molar-refractivity contribution is 6.10. The lowest BCUT2D eigenvalue weighted by Gasteiger charge is -2.06. The van der Waals surface area contributed by atoms with Crippen LogP contribution in [0.5, 0.6) is 0 Å². The summed E-state index contributed by atoms with van der Waals surface area (Å²) >= 11 is 0. The van der Waals surface area contributed by atoms with E-state index in [-0.39, 0.29) is 12.2 Å². The second-order valence-electron chi connectivity index (χ2n) is 5.42. The van der Waals surface area contributed by atoms with Crippen LogP contribution in [0, 0.1) is 0 Å². The molecule has 116 valence electrons. The van der Waals surface area contributed by atoms with E-state index >= 15 is 0 Å². The number of aromatic amines is 1. The smallest absolute Gasteiger partial charge is 0.320 e. The minimum Gasteiger partial charge on any atom is -0.480 e. The first-order chi connectivity index (χ1) is 11.1. The summed E-state index contributed by atoms with van der Waals surface area (Å²) in [4.78, 5) is 26.5. The maximum Gasteiger partial charge on any atom is 0.320 e. The van der Waals surface area contributed by atoms with Gasteiger partial charge in [0, 0.05) is 34.6 Å². The van der Waals surface area contributed by atoms with Crippen molar-refractivity contribution in [1.82, 2.24) is 4.98 Å². The predicted octanol–water partition coefficient (Wildman–Crippen LogP) is 2.35. The minimum atomic E-state index is -1.05. The molecule has 0 bridgehead atoms. The number of carbonyl (C=O) groups is 2. The van der Waals surface area contributed by atoms with Crippen molar-refractivity contribution >= 4 is 22.7 Å². The summed E-state index contributed by atoms with van der Waals surface area (Å²) in [5, 5.41) is 9.78. The van der Waals surface area contributed by atoms with Crippen molar-refractivity contribution < 1.29 is 14.7 Å². The molecular weight excluding hydrogens is 292 g/mol. The third kappa shape index (κ3) is 3.00. The molecule has 0 aliphatic rings. The monoisotopic (exact) mass is 308 g/mol. The Morgan fingerprint density at radius 3 is 2.52 bits per heavy atom. The molecule has 2 aromatic carbocycles. The molecule has 0 amide bonds. The molecule has 23 heavy (non-hydrogen) atoms. The van der Waals surface area contributed by atoms with E-state index in [9.17, 15) is 9.59 Å². The van der Waals surface area contributed by atoms with Gasteiger partial charge in [-0.25, -0.2) is 0 Å². The molecule has 0 radical (unpaired) electrons. The molecule has 0 saturated carbocycles. The van der Waals surface area contributed by atoms with Gasteiger partial charge in [0.15, 0.2) is 5.78 Å². The van der Waals surface area contributed by atoms with Crippen molar-refractivity contribution in [1.29, 1.82) is 0 Å². The highest BCUT2D eigenvalue weighted by atomic mass is 16.4. The fourth-order valence-corrected chi connectivity index (χ4v) is 2.57. The average Bonchev–Trinajstić information content (AvgIpc) is 2.97. The Bertz CT molecular complexity index is 868. The minimum absolute atomic E-state index is 0.0674. The van der Waals surface area contributed by atoms with Crippen LogP contribution in [0.4, 0.5) is 0 Å². The summed E-state index contributed by atoms with van der Waals surface area (Å²) in [5.41, 5.74) is 8.43. The Labute approximate surface area is 132 Å². The van der Waals surface area contributed by atoms with E-state index in [0.717, 1.165) is 16.5 Å². The number of aliphatic carboxylic acids is 1. The molecule has 0 spiro atoms. The van der Waals surface area contributed by atoms with E-state index in [0.29, 0.717) is 11.1 Å². The Morgan fingerprint density at radius 2 is 1.83 bits per heavy atom. The van der Waals surface area contributed by atoms with Crippen molar-refractivity contribution in [2.24, 2.45) is 5.73 Å².